The molecule has 6 heteroatoms. The van der Waals surface area contributed by atoms with Gasteiger partial charge in [0.15, 0.2) is 17.3 Å². The Hall–Kier alpha value is -1.80. The molecule has 0 N–H and O–H groups in total. The first kappa shape index (κ1) is 20.9. The number of hydrogen-bond acceptors (Lipinski definition) is 4. The first-order valence-corrected chi connectivity index (χ1v) is 9.32. The number of nitrogens with zero attached hydrogens (tertiary/aromatic N) is 1. The van der Waals surface area contributed by atoms with Crippen molar-refractivity contribution in [2.75, 3.05) is 34.5 Å². The third kappa shape index (κ3) is 3.59. The van der Waals surface area contributed by atoms with Gasteiger partial charge in [-0.15, -0.1) is 0 Å². The Labute approximate surface area is 183 Å². The van der Waals surface area contributed by atoms with E-state index in [1.807, 2.05) is 31.2 Å². The molecule has 1 atom stereocenters. The minimum absolute atomic E-state index is 0. The highest BCUT2D eigenvalue weighted by molar-refractivity contribution is 5.96. The summed E-state index contributed by atoms with van der Waals surface area (Å²) in [6, 6.07) is 9.87. The number of benzene rings is 2. The summed E-state index contributed by atoms with van der Waals surface area (Å²) >= 11 is 0. The topological polar surface area (TPSA) is 44.8 Å². The number of hydrogen-bond donors (Lipinski definition) is 0. The smallest absolute Gasteiger partial charge is 0.231 e. The number of Topliss-reactive ketones (excluding diaryl/α,β-unsaturated/α-hetero) is 1. The largest absolute Gasteiger partial charge is 1.00 e. The van der Waals surface area contributed by atoms with Crippen LogP contribution < -0.4 is 38.2 Å². The number of fused-ring (bicyclic) bond motifs is 2. The molecule has 2 aliphatic heterocycles. The highest BCUT2D eigenvalue weighted by Crippen LogP contribution is 2.51. The zero-order chi connectivity index (χ0) is 19.2. The van der Waals surface area contributed by atoms with Gasteiger partial charge in [-0.25, -0.2) is 0 Å². The maximum atomic E-state index is 13.0. The van der Waals surface area contributed by atoms with Crippen molar-refractivity contribution in [2.24, 2.45) is 0 Å². The Morgan fingerprint density at radius 1 is 1.21 bits per heavy atom. The molecule has 4 rings (SSSR count). The van der Waals surface area contributed by atoms with Gasteiger partial charge in [0.1, 0.15) is 6.04 Å². The summed E-state index contributed by atoms with van der Waals surface area (Å²) in [5.41, 5.74) is 4.18. The van der Waals surface area contributed by atoms with Crippen LogP contribution in [0.15, 0.2) is 30.3 Å². The van der Waals surface area contributed by atoms with Crippen LogP contribution in [0.3, 0.4) is 0 Å². The van der Waals surface area contributed by atoms with E-state index in [0.29, 0.717) is 17.9 Å². The summed E-state index contributed by atoms with van der Waals surface area (Å²) in [4.78, 5) is 13.0. The zero-order valence-corrected chi connectivity index (χ0v) is 18.9. The molecule has 0 amide bonds. The van der Waals surface area contributed by atoms with Crippen molar-refractivity contribution in [3.8, 4) is 17.2 Å². The van der Waals surface area contributed by atoms with Gasteiger partial charge in [0, 0.05) is 12.0 Å². The lowest BCUT2D eigenvalue weighted by Crippen LogP contribution is -3.00. The van der Waals surface area contributed by atoms with Gasteiger partial charge in [-0.1, -0.05) is 29.8 Å². The van der Waals surface area contributed by atoms with Crippen LogP contribution in [-0.2, 0) is 6.42 Å². The van der Waals surface area contributed by atoms with Gasteiger partial charge in [-0.3, -0.25) is 4.79 Å². The number of ether oxygens (including phenoxy) is 3. The van der Waals surface area contributed by atoms with Gasteiger partial charge in [0.25, 0.3) is 0 Å². The molecule has 0 spiro atoms. The summed E-state index contributed by atoms with van der Waals surface area (Å²) in [7, 11) is 6.02. The summed E-state index contributed by atoms with van der Waals surface area (Å²) < 4.78 is 17.7. The van der Waals surface area contributed by atoms with E-state index in [1.165, 1.54) is 5.56 Å². The van der Waals surface area contributed by atoms with Crippen molar-refractivity contribution >= 4 is 5.78 Å². The van der Waals surface area contributed by atoms with Crippen molar-refractivity contribution < 1.29 is 47.5 Å². The van der Waals surface area contributed by atoms with Crippen molar-refractivity contribution in [2.45, 2.75) is 25.8 Å². The van der Waals surface area contributed by atoms with Crippen molar-refractivity contribution in [1.82, 2.24) is 0 Å². The Kier molecular flexibility index (Phi) is 5.91. The molecule has 0 bridgehead atoms. The molecule has 0 saturated carbocycles. The fourth-order valence-electron chi connectivity index (χ4n) is 4.15. The van der Waals surface area contributed by atoms with Crippen LogP contribution in [-0.4, -0.2) is 44.8 Å². The summed E-state index contributed by atoms with van der Waals surface area (Å²) in [6.45, 7) is 3.20. The normalized spacial score (nSPS) is 18.8. The summed E-state index contributed by atoms with van der Waals surface area (Å²) in [6.07, 6.45) is 1.35. The second-order valence-corrected chi connectivity index (χ2v) is 7.98. The zero-order valence-electron chi connectivity index (χ0n) is 16.8. The van der Waals surface area contributed by atoms with Crippen molar-refractivity contribution in [3.05, 3.63) is 52.6 Å². The molecule has 5 nitrogen and oxygen atoms in total. The molecular weight excluding hydrogens is 469 g/mol. The monoisotopic (exact) mass is 495 g/mol. The highest BCUT2D eigenvalue weighted by Gasteiger charge is 2.42. The summed E-state index contributed by atoms with van der Waals surface area (Å²) in [5, 5.41) is 0. The molecule has 2 aromatic rings. The number of rotatable bonds is 4. The van der Waals surface area contributed by atoms with Gasteiger partial charge in [-0.05, 0) is 18.6 Å². The van der Waals surface area contributed by atoms with Gasteiger partial charge in [0.05, 0.1) is 39.7 Å². The molecule has 28 heavy (non-hydrogen) atoms. The molecule has 150 valence electrons. The molecule has 1 unspecified atom stereocenters. The number of halogens is 1. The predicted molar refractivity (Wildman–Crippen MR) is 103 cm³/mol. The Morgan fingerprint density at radius 3 is 2.61 bits per heavy atom. The number of methoxy groups -OCH3 is 1. The summed E-state index contributed by atoms with van der Waals surface area (Å²) in [5.74, 6) is 2.26. The number of quaternary nitrogens is 1. The van der Waals surface area contributed by atoms with Crippen molar-refractivity contribution in [1.29, 1.82) is 0 Å². The van der Waals surface area contributed by atoms with E-state index in [0.717, 1.165) is 39.9 Å². The lowest BCUT2D eigenvalue weighted by atomic mass is 9.86. The van der Waals surface area contributed by atoms with Gasteiger partial charge in [-0.2, -0.15) is 0 Å². The van der Waals surface area contributed by atoms with E-state index in [1.54, 1.807) is 7.11 Å². The fourth-order valence-corrected chi connectivity index (χ4v) is 4.15. The molecule has 0 saturated heterocycles. The number of likely N-dealkylation sites (N-methyl/N-ethyl adjacent to an activating group) is 1. The number of carbonyl (C=O) groups excluding carboxylic acids is 1. The standard InChI is InChI=1S/C22H26NO4.HI/c1-14-5-7-15(8-6-14)18(24)12-17-20-16(9-10-23(17,2)3)11-19-21(22(20)25-4)27-13-26-19;/h5-8,11,17H,9-10,12-13H2,1-4H3;1H/q+1;/p-1. The van der Waals surface area contributed by atoms with E-state index in [4.69, 9.17) is 14.2 Å². The van der Waals surface area contributed by atoms with Crippen LogP contribution in [0.4, 0.5) is 0 Å². The molecule has 0 fully saturated rings. The third-order valence-corrected chi connectivity index (χ3v) is 5.83. The third-order valence-electron chi connectivity index (χ3n) is 5.83. The minimum atomic E-state index is 0. The van der Waals surface area contributed by atoms with E-state index in [-0.39, 0.29) is 42.6 Å². The van der Waals surface area contributed by atoms with E-state index in [9.17, 15) is 4.79 Å². The maximum Gasteiger partial charge on any atom is 0.231 e. The first-order valence-electron chi connectivity index (χ1n) is 9.32. The molecule has 2 aliphatic rings. The SMILES string of the molecule is COc1c2c(cc3c1C(CC(=O)c1ccc(C)cc1)[N+](C)(C)CC3)OCO2.[I-]. The number of aryl methyl sites for hydroxylation is 1. The average Bonchev–Trinajstić information content (AvgIpc) is 3.11. The van der Waals surface area contributed by atoms with Gasteiger partial charge >= 0.3 is 0 Å². The van der Waals surface area contributed by atoms with E-state index >= 15 is 0 Å². The molecule has 2 heterocycles. The van der Waals surface area contributed by atoms with Gasteiger partial charge < -0.3 is 42.7 Å². The van der Waals surface area contributed by atoms with Crippen molar-refractivity contribution in [3.63, 3.8) is 0 Å². The molecule has 0 radical (unpaired) electrons. The van der Waals surface area contributed by atoms with Crippen LogP contribution in [0, 0.1) is 6.92 Å². The predicted octanol–water partition coefficient (Wildman–Crippen LogP) is 0.683. The molecule has 2 aromatic carbocycles. The minimum Gasteiger partial charge on any atom is -1.00 e. The van der Waals surface area contributed by atoms with Gasteiger partial charge in [0.2, 0.25) is 12.5 Å². The quantitative estimate of drug-likeness (QED) is 0.356. The van der Waals surface area contributed by atoms with Crippen LogP contribution in [0.2, 0.25) is 0 Å². The van der Waals surface area contributed by atoms with Crippen LogP contribution in [0.1, 0.15) is 39.5 Å². The average molecular weight is 495 g/mol. The Morgan fingerprint density at radius 2 is 1.93 bits per heavy atom. The molecule has 0 aliphatic carbocycles. The fraction of sp³-hybridized carbons (Fsp3) is 0.409. The second kappa shape index (κ2) is 7.91. The molecular formula is C22H26INO4. The van der Waals surface area contributed by atoms with E-state index in [2.05, 4.69) is 20.2 Å². The number of carbonyl (C=O) groups is 1. The number of ketones is 1. The lowest BCUT2D eigenvalue weighted by Gasteiger charge is -2.43. The molecule has 0 aromatic heterocycles. The first-order chi connectivity index (χ1) is 12.9. The van der Waals surface area contributed by atoms with Crippen LogP contribution >= 0.6 is 0 Å². The maximum absolute atomic E-state index is 13.0. The lowest BCUT2D eigenvalue weighted by molar-refractivity contribution is -0.922. The van der Waals surface area contributed by atoms with Crippen LogP contribution in [0.5, 0.6) is 17.2 Å². The Bertz CT molecular complexity index is 892. The van der Waals surface area contributed by atoms with E-state index < -0.39 is 0 Å². The highest BCUT2D eigenvalue weighted by atomic mass is 127. The van der Waals surface area contributed by atoms with Crippen LogP contribution in [0.25, 0.3) is 0 Å². The second-order valence-electron chi connectivity index (χ2n) is 7.98. The Balaban J connectivity index is 0.00000225.